The van der Waals surface area contributed by atoms with E-state index < -0.39 is 22.5 Å². The van der Waals surface area contributed by atoms with E-state index in [0.29, 0.717) is 5.75 Å². The molecule has 0 bridgehead atoms. The first-order valence-electron chi connectivity index (χ1n) is 13.2. The topological polar surface area (TPSA) is 93.0 Å². The molecular formula is C32H36N4O4S. The number of carbonyl (C=O) groups excluding carboxylic acids is 1. The van der Waals surface area contributed by atoms with Gasteiger partial charge in [-0.3, -0.25) is 9.10 Å². The molecule has 1 aromatic heterocycles. The average Bonchev–Trinajstić information content (AvgIpc) is 3.20. The first kappa shape index (κ1) is 29.6. The van der Waals surface area contributed by atoms with Crippen molar-refractivity contribution in [3.63, 3.8) is 0 Å². The number of ether oxygens (including phenoxy) is 1. The van der Waals surface area contributed by atoms with Gasteiger partial charge in [-0.2, -0.15) is 5.10 Å². The lowest BCUT2D eigenvalue weighted by atomic mass is 10.1. The third kappa shape index (κ3) is 6.36. The van der Waals surface area contributed by atoms with E-state index in [1.807, 2.05) is 39.8 Å². The van der Waals surface area contributed by atoms with E-state index >= 15 is 0 Å². The standard InChI is InChI=1S/C32H36N4O4S/c1-21-8-12-28(13-9-21)41(38,39)35(30-17-23(3)11-15-31(30)40-7)20-32(37)34-33-19-27-18-25(5)36(26(27)6)29-14-10-22(2)16-24(29)4/h8-19H,20H2,1-7H3,(H,34,37)/b33-19+. The minimum absolute atomic E-state index is 0.0711. The molecule has 8 nitrogen and oxygen atoms in total. The van der Waals surface area contributed by atoms with Crippen molar-refractivity contribution in [1.82, 2.24) is 9.99 Å². The van der Waals surface area contributed by atoms with Gasteiger partial charge in [-0.15, -0.1) is 0 Å². The number of anilines is 1. The molecular weight excluding hydrogens is 536 g/mol. The van der Waals surface area contributed by atoms with Gasteiger partial charge in [0.05, 0.1) is 23.9 Å². The number of hydrogen-bond acceptors (Lipinski definition) is 5. The monoisotopic (exact) mass is 572 g/mol. The maximum Gasteiger partial charge on any atom is 0.264 e. The minimum Gasteiger partial charge on any atom is -0.495 e. The Bertz CT molecular complexity index is 1720. The van der Waals surface area contributed by atoms with Crippen molar-refractivity contribution in [3.05, 3.63) is 106 Å². The molecule has 3 aromatic carbocycles. The van der Waals surface area contributed by atoms with E-state index in [2.05, 4.69) is 47.1 Å². The zero-order valence-electron chi connectivity index (χ0n) is 24.5. The van der Waals surface area contributed by atoms with Crippen molar-refractivity contribution in [2.24, 2.45) is 5.10 Å². The van der Waals surface area contributed by atoms with Crippen LogP contribution >= 0.6 is 0 Å². The van der Waals surface area contributed by atoms with Crippen LogP contribution in [0.1, 0.15) is 39.2 Å². The van der Waals surface area contributed by atoms with E-state index in [1.165, 1.54) is 24.8 Å². The number of amides is 1. The molecule has 1 heterocycles. The van der Waals surface area contributed by atoms with Gasteiger partial charge in [0.1, 0.15) is 12.3 Å². The second kappa shape index (κ2) is 12.0. The summed E-state index contributed by atoms with van der Waals surface area (Å²) in [4.78, 5) is 13.2. The van der Waals surface area contributed by atoms with Gasteiger partial charge in [0.25, 0.3) is 15.9 Å². The van der Waals surface area contributed by atoms with Crippen LogP contribution in [0.2, 0.25) is 0 Å². The number of aromatic nitrogens is 1. The number of hydrazone groups is 1. The van der Waals surface area contributed by atoms with Gasteiger partial charge >= 0.3 is 0 Å². The van der Waals surface area contributed by atoms with Crippen LogP contribution in [0.15, 0.2) is 76.7 Å². The van der Waals surface area contributed by atoms with Crippen molar-refractivity contribution in [2.75, 3.05) is 18.0 Å². The largest absolute Gasteiger partial charge is 0.495 e. The van der Waals surface area contributed by atoms with Gasteiger partial charge in [0, 0.05) is 22.6 Å². The third-order valence-electron chi connectivity index (χ3n) is 6.96. The Hall–Kier alpha value is -4.37. The van der Waals surface area contributed by atoms with E-state index in [-0.39, 0.29) is 10.6 Å². The van der Waals surface area contributed by atoms with Gasteiger partial charge in [0.2, 0.25) is 0 Å². The first-order chi connectivity index (χ1) is 19.4. The molecule has 4 rings (SSSR count). The second-order valence-electron chi connectivity index (χ2n) is 10.2. The number of rotatable bonds is 9. The number of benzene rings is 3. The molecule has 0 radical (unpaired) electrons. The van der Waals surface area contributed by atoms with Gasteiger partial charge < -0.3 is 9.30 Å². The molecule has 4 aromatic rings. The van der Waals surface area contributed by atoms with Crippen molar-refractivity contribution >= 4 is 27.8 Å². The summed E-state index contributed by atoms with van der Waals surface area (Å²) in [6, 6.07) is 20.0. The summed E-state index contributed by atoms with van der Waals surface area (Å²) < 4.78 is 36.2. The molecule has 1 amide bonds. The highest BCUT2D eigenvalue weighted by Gasteiger charge is 2.29. The lowest BCUT2D eigenvalue weighted by Gasteiger charge is -2.25. The number of methoxy groups -OCH3 is 1. The molecule has 0 fully saturated rings. The summed E-state index contributed by atoms with van der Waals surface area (Å²) >= 11 is 0. The zero-order valence-corrected chi connectivity index (χ0v) is 25.3. The third-order valence-corrected chi connectivity index (χ3v) is 8.73. The predicted octanol–water partition coefficient (Wildman–Crippen LogP) is 5.68. The van der Waals surface area contributed by atoms with Crippen molar-refractivity contribution in [3.8, 4) is 11.4 Å². The number of sulfonamides is 1. The Labute approximate surface area is 242 Å². The van der Waals surface area contributed by atoms with Gasteiger partial charge in [-0.1, -0.05) is 41.5 Å². The summed E-state index contributed by atoms with van der Waals surface area (Å²) in [5, 5.41) is 4.17. The molecule has 0 atom stereocenters. The van der Waals surface area contributed by atoms with E-state index in [9.17, 15) is 13.2 Å². The molecule has 0 saturated carbocycles. The summed E-state index contributed by atoms with van der Waals surface area (Å²) in [5.74, 6) is -0.259. The quantitative estimate of drug-likeness (QED) is 0.206. The fourth-order valence-electron chi connectivity index (χ4n) is 4.82. The first-order valence-corrected chi connectivity index (χ1v) is 14.7. The molecule has 214 valence electrons. The van der Waals surface area contributed by atoms with Crippen LogP contribution in [0, 0.1) is 41.5 Å². The van der Waals surface area contributed by atoms with Crippen LogP contribution in [0.25, 0.3) is 5.69 Å². The van der Waals surface area contributed by atoms with Crippen molar-refractivity contribution in [2.45, 2.75) is 46.4 Å². The number of carbonyl (C=O) groups is 1. The summed E-state index contributed by atoms with van der Waals surface area (Å²) in [5.41, 5.74) is 10.8. The molecule has 0 aliphatic rings. The lowest BCUT2D eigenvalue weighted by molar-refractivity contribution is -0.119. The fraction of sp³-hybridized carbons (Fsp3) is 0.250. The van der Waals surface area contributed by atoms with Crippen LogP contribution in [0.4, 0.5) is 5.69 Å². The van der Waals surface area contributed by atoms with Gasteiger partial charge in [-0.25, -0.2) is 13.8 Å². The maximum absolute atomic E-state index is 13.8. The second-order valence-corrected chi connectivity index (χ2v) is 12.1. The Morgan fingerprint density at radius 1 is 0.902 bits per heavy atom. The smallest absolute Gasteiger partial charge is 0.264 e. The van der Waals surface area contributed by atoms with Crippen LogP contribution < -0.4 is 14.5 Å². The van der Waals surface area contributed by atoms with Crippen molar-refractivity contribution < 1.29 is 17.9 Å². The van der Waals surface area contributed by atoms with Crippen LogP contribution in [-0.4, -0.2) is 38.8 Å². The number of nitrogens with one attached hydrogen (secondary N) is 1. The number of hydrogen-bond donors (Lipinski definition) is 1. The lowest BCUT2D eigenvalue weighted by Crippen LogP contribution is -2.39. The number of nitrogens with zero attached hydrogens (tertiary/aromatic N) is 3. The van der Waals surface area contributed by atoms with Crippen molar-refractivity contribution in [1.29, 1.82) is 0 Å². The molecule has 0 spiro atoms. The zero-order chi connectivity index (χ0) is 29.9. The van der Waals surface area contributed by atoms with Gasteiger partial charge in [0.15, 0.2) is 0 Å². The highest BCUT2D eigenvalue weighted by molar-refractivity contribution is 7.92. The van der Waals surface area contributed by atoms with E-state index in [0.717, 1.165) is 43.6 Å². The Kier molecular flexibility index (Phi) is 8.68. The highest BCUT2D eigenvalue weighted by atomic mass is 32.2. The molecule has 0 aliphatic heterocycles. The molecule has 1 N–H and O–H groups in total. The maximum atomic E-state index is 13.8. The Morgan fingerprint density at radius 2 is 1.54 bits per heavy atom. The highest BCUT2D eigenvalue weighted by Crippen LogP contribution is 2.33. The Morgan fingerprint density at radius 3 is 2.20 bits per heavy atom. The Balaban J connectivity index is 1.61. The molecule has 0 aliphatic carbocycles. The van der Waals surface area contributed by atoms with Crippen LogP contribution in [0.3, 0.4) is 0 Å². The predicted molar refractivity (Wildman–Crippen MR) is 164 cm³/mol. The molecule has 41 heavy (non-hydrogen) atoms. The molecule has 0 unspecified atom stereocenters. The summed E-state index contributed by atoms with van der Waals surface area (Å²) in [6.07, 6.45) is 1.58. The van der Waals surface area contributed by atoms with E-state index in [4.69, 9.17) is 4.74 Å². The SMILES string of the molecule is COc1ccc(C)cc1N(CC(=O)N/N=C/c1cc(C)n(-c2ccc(C)cc2C)c1C)S(=O)(=O)c1ccc(C)cc1. The average molecular weight is 573 g/mol. The molecule has 9 heteroatoms. The van der Waals surface area contributed by atoms with Crippen LogP contribution in [-0.2, 0) is 14.8 Å². The van der Waals surface area contributed by atoms with E-state index in [1.54, 1.807) is 30.5 Å². The van der Waals surface area contributed by atoms with Crippen LogP contribution in [0.5, 0.6) is 5.75 Å². The molecule has 0 saturated heterocycles. The number of aryl methyl sites for hydroxylation is 5. The normalized spacial score (nSPS) is 11.6. The summed E-state index contributed by atoms with van der Waals surface area (Å²) in [6.45, 7) is 11.4. The van der Waals surface area contributed by atoms with Gasteiger partial charge in [-0.05, 0) is 89.1 Å². The fourth-order valence-corrected chi connectivity index (χ4v) is 6.24. The minimum atomic E-state index is -4.10. The summed E-state index contributed by atoms with van der Waals surface area (Å²) in [7, 11) is -2.64.